The first-order valence-corrected chi connectivity index (χ1v) is 13.2. The van der Waals surface area contributed by atoms with Crippen LogP contribution < -0.4 is 10.9 Å². The topological polar surface area (TPSA) is 94.7 Å². The van der Waals surface area contributed by atoms with Crippen LogP contribution in [0.2, 0.25) is 5.02 Å². The van der Waals surface area contributed by atoms with Gasteiger partial charge in [0.15, 0.2) is 0 Å². The third-order valence-corrected chi connectivity index (χ3v) is 6.80. The highest BCUT2D eigenvalue weighted by Gasteiger charge is 2.29. The summed E-state index contributed by atoms with van der Waals surface area (Å²) in [6.07, 6.45) is 4.31. The summed E-state index contributed by atoms with van der Waals surface area (Å²) in [5.74, 6) is -0.990. The van der Waals surface area contributed by atoms with Crippen molar-refractivity contribution >= 4 is 41.2 Å². The summed E-state index contributed by atoms with van der Waals surface area (Å²) in [5, 5.41) is 13.1. The van der Waals surface area contributed by atoms with Gasteiger partial charge in [-0.1, -0.05) is 11.6 Å². The highest BCUT2D eigenvalue weighted by molar-refractivity contribution is 7.75. The second kappa shape index (κ2) is 9.19. The maximum atomic E-state index is 15.0. The molecule has 0 aliphatic heterocycles. The molecule has 172 valence electrons. The van der Waals surface area contributed by atoms with E-state index in [9.17, 15) is 13.7 Å². The Balaban J connectivity index is 1.79. The first-order valence-electron chi connectivity index (χ1n) is 10.2. The van der Waals surface area contributed by atoms with Crippen LogP contribution >= 0.6 is 19.1 Å². The summed E-state index contributed by atoms with van der Waals surface area (Å²) in [6.45, 7) is 5.07. The summed E-state index contributed by atoms with van der Waals surface area (Å²) < 4.78 is 29.4. The highest BCUT2D eigenvalue weighted by Crippen LogP contribution is 2.43. The Morgan fingerprint density at radius 2 is 1.76 bits per heavy atom. The number of hydrogen-bond donors (Lipinski definition) is 2. The number of nitrogens with zero attached hydrogens (tertiary/aromatic N) is 4. The van der Waals surface area contributed by atoms with E-state index in [1.165, 1.54) is 42.9 Å². The van der Waals surface area contributed by atoms with E-state index in [0.29, 0.717) is 38.8 Å². The molecule has 0 saturated carbocycles. The van der Waals surface area contributed by atoms with Crippen molar-refractivity contribution in [2.75, 3.05) is 18.6 Å². The number of anilines is 1. The summed E-state index contributed by atoms with van der Waals surface area (Å²) in [4.78, 5) is 22.8. The Bertz CT molecular complexity index is 1430. The van der Waals surface area contributed by atoms with Crippen LogP contribution in [0.25, 0.3) is 22.0 Å². The lowest BCUT2D eigenvalue weighted by atomic mass is 10.0. The van der Waals surface area contributed by atoms with Gasteiger partial charge in [-0.05, 0) is 31.2 Å². The molecule has 4 aromatic rings. The fourth-order valence-corrected chi connectivity index (χ4v) is 4.43. The third-order valence-electron chi connectivity index (χ3n) is 5.30. The van der Waals surface area contributed by atoms with Gasteiger partial charge in [0.05, 0.1) is 47.2 Å². The molecule has 0 radical (unpaired) electrons. The van der Waals surface area contributed by atoms with E-state index >= 15 is 0 Å². The maximum Gasteiger partial charge on any atom is 0.305 e. The summed E-state index contributed by atoms with van der Waals surface area (Å²) in [5.41, 5.74) is 2.39. The van der Waals surface area contributed by atoms with Crippen LogP contribution in [-0.2, 0) is 0 Å². The van der Waals surface area contributed by atoms with E-state index in [-0.39, 0.29) is 10.6 Å². The number of nitrogens with one attached hydrogen (secondary N) is 1. The normalized spacial score (nSPS) is 12.4. The number of fused-ring (bicyclic) bond motifs is 1. The van der Waals surface area contributed by atoms with Crippen molar-refractivity contribution < 1.29 is 13.7 Å². The van der Waals surface area contributed by atoms with Gasteiger partial charge in [-0.25, -0.2) is 23.6 Å². The van der Waals surface area contributed by atoms with E-state index in [2.05, 4.69) is 20.3 Å². The van der Waals surface area contributed by atoms with Crippen LogP contribution in [0.1, 0.15) is 24.1 Å². The van der Waals surface area contributed by atoms with Gasteiger partial charge in [0.2, 0.25) is 7.49 Å². The molecule has 6 nitrogen and oxygen atoms in total. The second-order valence-electron chi connectivity index (χ2n) is 8.21. The van der Waals surface area contributed by atoms with E-state index in [1.807, 2.05) is 6.07 Å². The van der Waals surface area contributed by atoms with Crippen molar-refractivity contribution in [1.29, 1.82) is 5.26 Å². The molecule has 0 unspecified atom stereocenters. The SMILES string of the molecule is C[C@@H](Nc1c(Cl)cnc2cc(F)c(-c3cnc([P+](C)(C)O)nc3)cc12)c1cc(C#N)ccc1F. The first kappa shape index (κ1) is 23.9. The molecule has 34 heavy (non-hydrogen) atoms. The zero-order valence-electron chi connectivity index (χ0n) is 18.5. The largest absolute Gasteiger partial charge is 0.377 e. The van der Waals surface area contributed by atoms with Gasteiger partial charge in [0, 0.05) is 46.7 Å². The molecule has 0 spiro atoms. The van der Waals surface area contributed by atoms with Gasteiger partial charge >= 0.3 is 5.57 Å². The number of nitriles is 1. The quantitative estimate of drug-likeness (QED) is 0.354. The molecule has 1 atom stereocenters. The van der Waals surface area contributed by atoms with Gasteiger partial charge in [-0.3, -0.25) is 4.98 Å². The molecule has 0 fully saturated rings. The maximum absolute atomic E-state index is 15.0. The fraction of sp³-hybridized carbons (Fsp3) is 0.167. The van der Waals surface area contributed by atoms with E-state index in [4.69, 9.17) is 16.9 Å². The van der Waals surface area contributed by atoms with Crippen LogP contribution in [0.5, 0.6) is 0 Å². The van der Waals surface area contributed by atoms with Gasteiger partial charge in [0.1, 0.15) is 11.6 Å². The minimum Gasteiger partial charge on any atom is -0.377 e. The summed E-state index contributed by atoms with van der Waals surface area (Å²) in [6, 6.07) is 8.43. The molecule has 0 aliphatic carbocycles. The molecule has 2 heterocycles. The lowest BCUT2D eigenvalue weighted by Gasteiger charge is -2.19. The van der Waals surface area contributed by atoms with Crippen LogP contribution in [0.3, 0.4) is 0 Å². The highest BCUT2D eigenvalue weighted by atomic mass is 35.5. The number of benzene rings is 2. The van der Waals surface area contributed by atoms with Gasteiger partial charge in [0.25, 0.3) is 0 Å². The number of rotatable bonds is 5. The van der Waals surface area contributed by atoms with Crippen LogP contribution in [0.4, 0.5) is 14.5 Å². The standard InChI is InChI=1S/C24H20ClF2N5OP/c1-13(16-6-14(9-28)4-5-20(16)26)32-23-18-7-17(21(27)8-22(18)29-12-19(23)25)15-10-30-24(31-11-15)34(2,3)33/h4-8,10-13,33H,1-3H3,(H,29,32)/q+1/t13-/m1/s1. The molecule has 4 rings (SSSR count). The number of pyridine rings is 1. The Hall–Kier alpha value is -3.24. The summed E-state index contributed by atoms with van der Waals surface area (Å²) in [7, 11) is -2.40. The number of halogens is 3. The lowest BCUT2D eigenvalue weighted by Crippen LogP contribution is -2.16. The molecule has 2 aromatic carbocycles. The molecule has 2 aromatic heterocycles. The summed E-state index contributed by atoms with van der Waals surface area (Å²) >= 11 is 6.43. The molecule has 2 N–H and O–H groups in total. The fourth-order valence-electron chi connectivity index (χ4n) is 3.54. The van der Waals surface area contributed by atoms with Gasteiger partial charge < -0.3 is 5.32 Å². The Kier molecular flexibility index (Phi) is 6.46. The number of hydrogen-bond acceptors (Lipinski definition) is 6. The van der Waals surface area contributed by atoms with Crippen molar-refractivity contribution in [3.8, 4) is 17.2 Å². The smallest absolute Gasteiger partial charge is 0.305 e. The van der Waals surface area contributed by atoms with Crippen LogP contribution in [0.15, 0.2) is 48.9 Å². The van der Waals surface area contributed by atoms with Crippen molar-refractivity contribution in [2.45, 2.75) is 13.0 Å². The molecule has 0 saturated heterocycles. The zero-order valence-corrected chi connectivity index (χ0v) is 20.2. The van der Waals surface area contributed by atoms with Gasteiger partial charge in [-0.15, -0.1) is 0 Å². The predicted octanol–water partition coefficient (Wildman–Crippen LogP) is 5.48. The molecule has 10 heteroatoms. The minimum absolute atomic E-state index is 0.227. The molecule has 0 bridgehead atoms. The Morgan fingerprint density at radius 3 is 2.41 bits per heavy atom. The van der Waals surface area contributed by atoms with E-state index < -0.39 is 25.2 Å². The van der Waals surface area contributed by atoms with Gasteiger partial charge in [-0.2, -0.15) is 5.26 Å². The Morgan fingerprint density at radius 1 is 1.06 bits per heavy atom. The molecular formula is C24H20ClF2N5OP+. The van der Waals surface area contributed by atoms with Crippen LogP contribution in [0, 0.1) is 23.0 Å². The minimum atomic E-state index is -2.40. The zero-order chi connectivity index (χ0) is 24.6. The molecular weight excluding hydrogens is 479 g/mol. The first-order chi connectivity index (χ1) is 16.1. The van der Waals surface area contributed by atoms with E-state index in [0.717, 1.165) is 0 Å². The van der Waals surface area contributed by atoms with Crippen molar-refractivity contribution in [3.63, 3.8) is 0 Å². The van der Waals surface area contributed by atoms with Crippen molar-refractivity contribution in [3.05, 3.63) is 76.7 Å². The molecule has 0 aliphatic rings. The Labute approximate surface area is 200 Å². The lowest BCUT2D eigenvalue weighted by molar-refractivity contribution is 0.600. The van der Waals surface area contributed by atoms with Crippen molar-refractivity contribution in [2.24, 2.45) is 0 Å². The average Bonchev–Trinajstić information content (AvgIpc) is 2.80. The monoisotopic (exact) mass is 498 g/mol. The predicted molar refractivity (Wildman–Crippen MR) is 132 cm³/mol. The van der Waals surface area contributed by atoms with E-state index in [1.54, 1.807) is 26.3 Å². The van der Waals surface area contributed by atoms with Crippen molar-refractivity contribution in [1.82, 2.24) is 15.0 Å². The second-order valence-corrected chi connectivity index (χ2v) is 11.8. The van der Waals surface area contributed by atoms with Crippen LogP contribution in [-0.4, -0.2) is 33.2 Å². The molecule has 0 amide bonds. The third kappa shape index (κ3) is 4.69. The number of aromatic nitrogens is 3. The average molecular weight is 499 g/mol.